The molecule has 2 N–H and O–H groups in total. The Morgan fingerprint density at radius 3 is 2.52 bits per heavy atom. The smallest absolute Gasteiger partial charge is 0.124 e. The van der Waals surface area contributed by atoms with Gasteiger partial charge in [0.1, 0.15) is 12.4 Å². The van der Waals surface area contributed by atoms with Crippen LogP contribution in [-0.4, -0.2) is 18.3 Å². The summed E-state index contributed by atoms with van der Waals surface area (Å²) in [7, 11) is 0. The maximum Gasteiger partial charge on any atom is 0.124 e. The fourth-order valence-electron chi connectivity index (χ4n) is 2.29. The first-order valence-electron chi connectivity index (χ1n) is 8.06. The molecule has 124 valence electrons. The molecule has 0 unspecified atom stereocenters. The van der Waals surface area contributed by atoms with Crippen molar-refractivity contribution in [2.24, 2.45) is 0 Å². The number of aliphatic hydroxyl groups is 1. The van der Waals surface area contributed by atoms with E-state index in [1.807, 2.05) is 42.5 Å². The molecule has 0 saturated carbocycles. The average molecular weight is 334 g/mol. The Morgan fingerprint density at radius 2 is 1.74 bits per heavy atom. The van der Waals surface area contributed by atoms with Gasteiger partial charge in [-0.1, -0.05) is 41.9 Å². The molecule has 0 aliphatic heterocycles. The van der Waals surface area contributed by atoms with E-state index in [0.29, 0.717) is 6.61 Å². The van der Waals surface area contributed by atoms with Gasteiger partial charge in [0.05, 0.1) is 0 Å². The summed E-state index contributed by atoms with van der Waals surface area (Å²) in [6, 6.07) is 15.8. The molecule has 0 bridgehead atoms. The largest absolute Gasteiger partial charge is 0.489 e. The van der Waals surface area contributed by atoms with E-state index in [-0.39, 0.29) is 6.61 Å². The first-order valence-corrected chi connectivity index (χ1v) is 8.44. The monoisotopic (exact) mass is 333 g/mol. The highest BCUT2D eigenvalue weighted by Gasteiger charge is 2.03. The van der Waals surface area contributed by atoms with Gasteiger partial charge < -0.3 is 15.2 Å². The zero-order chi connectivity index (χ0) is 16.3. The van der Waals surface area contributed by atoms with Gasteiger partial charge in [0.15, 0.2) is 0 Å². The van der Waals surface area contributed by atoms with E-state index < -0.39 is 0 Å². The van der Waals surface area contributed by atoms with Crippen LogP contribution in [0.15, 0.2) is 48.5 Å². The van der Waals surface area contributed by atoms with E-state index in [9.17, 15) is 0 Å². The Labute approximate surface area is 143 Å². The van der Waals surface area contributed by atoms with Gasteiger partial charge in [-0.3, -0.25) is 0 Å². The number of hydrogen-bond donors (Lipinski definition) is 2. The van der Waals surface area contributed by atoms with E-state index in [0.717, 1.165) is 54.3 Å². The number of unbranched alkanes of at least 4 members (excludes halogenated alkanes) is 2. The summed E-state index contributed by atoms with van der Waals surface area (Å²) >= 11 is 5.89. The van der Waals surface area contributed by atoms with Crippen LogP contribution in [0.1, 0.15) is 30.4 Å². The molecule has 0 amide bonds. The van der Waals surface area contributed by atoms with E-state index in [2.05, 4.69) is 11.4 Å². The molecule has 2 rings (SSSR count). The Morgan fingerprint density at radius 1 is 0.957 bits per heavy atom. The van der Waals surface area contributed by atoms with Crippen molar-refractivity contribution in [2.45, 2.75) is 32.4 Å². The van der Waals surface area contributed by atoms with Crippen LogP contribution in [-0.2, 0) is 13.2 Å². The number of ether oxygens (including phenoxy) is 1. The predicted octanol–water partition coefficient (Wildman–Crippen LogP) is 4.17. The topological polar surface area (TPSA) is 41.5 Å². The summed E-state index contributed by atoms with van der Waals surface area (Å²) in [5, 5.41) is 12.9. The molecule has 2 aromatic carbocycles. The van der Waals surface area contributed by atoms with E-state index in [4.69, 9.17) is 21.4 Å². The third-order valence-corrected chi connectivity index (χ3v) is 3.86. The highest BCUT2D eigenvalue weighted by Crippen LogP contribution is 2.20. The number of rotatable bonds is 10. The van der Waals surface area contributed by atoms with Crippen LogP contribution in [0.2, 0.25) is 5.02 Å². The van der Waals surface area contributed by atoms with Gasteiger partial charge in [0, 0.05) is 23.7 Å². The molecule has 0 fully saturated rings. The van der Waals surface area contributed by atoms with Crippen molar-refractivity contribution < 1.29 is 9.84 Å². The molecule has 0 saturated heterocycles. The first-order chi connectivity index (χ1) is 11.3. The molecule has 3 nitrogen and oxygen atoms in total. The quantitative estimate of drug-likeness (QED) is 0.641. The number of para-hydroxylation sites is 1. The summed E-state index contributed by atoms with van der Waals surface area (Å²) in [5.74, 6) is 0.908. The van der Waals surface area contributed by atoms with Crippen LogP contribution in [0.25, 0.3) is 0 Å². The van der Waals surface area contributed by atoms with Crippen molar-refractivity contribution in [3.8, 4) is 5.75 Å². The summed E-state index contributed by atoms with van der Waals surface area (Å²) in [5.41, 5.74) is 2.25. The molecular formula is C19H24ClNO2. The second-order valence-corrected chi connectivity index (χ2v) is 5.92. The second-order valence-electron chi connectivity index (χ2n) is 5.48. The lowest BCUT2D eigenvalue weighted by Crippen LogP contribution is -2.15. The fourth-order valence-corrected chi connectivity index (χ4v) is 2.42. The Balaban J connectivity index is 1.81. The maximum atomic E-state index is 8.76. The van der Waals surface area contributed by atoms with Crippen LogP contribution in [0.4, 0.5) is 0 Å². The third kappa shape index (κ3) is 6.61. The molecule has 2 aromatic rings. The van der Waals surface area contributed by atoms with Gasteiger partial charge in [0.2, 0.25) is 0 Å². The zero-order valence-electron chi connectivity index (χ0n) is 13.3. The summed E-state index contributed by atoms with van der Waals surface area (Å²) in [6.07, 6.45) is 3.01. The summed E-state index contributed by atoms with van der Waals surface area (Å²) in [4.78, 5) is 0. The van der Waals surface area contributed by atoms with Crippen LogP contribution < -0.4 is 10.1 Å². The van der Waals surface area contributed by atoms with Crippen LogP contribution in [0.5, 0.6) is 5.75 Å². The standard InChI is InChI=1S/C19H24ClNO2/c20-18-10-8-16(9-11-18)15-23-19-7-3-2-6-17(19)14-21-12-4-1-5-13-22/h2-3,6-11,21-22H,1,4-5,12-15H2. The number of nitrogens with one attached hydrogen (secondary N) is 1. The molecular weight excluding hydrogens is 310 g/mol. The first kappa shape index (κ1) is 17.8. The minimum atomic E-state index is 0.279. The van der Waals surface area contributed by atoms with Crippen LogP contribution in [0, 0.1) is 0 Å². The second kappa shape index (κ2) is 10.3. The number of halogens is 1. The Bertz CT molecular complexity index is 572. The van der Waals surface area contributed by atoms with Crippen molar-refractivity contribution in [2.75, 3.05) is 13.2 Å². The van der Waals surface area contributed by atoms with E-state index in [1.165, 1.54) is 0 Å². The molecule has 23 heavy (non-hydrogen) atoms. The lowest BCUT2D eigenvalue weighted by molar-refractivity contribution is 0.282. The highest BCUT2D eigenvalue weighted by atomic mass is 35.5. The van der Waals surface area contributed by atoms with E-state index in [1.54, 1.807) is 0 Å². The maximum absolute atomic E-state index is 8.76. The third-order valence-electron chi connectivity index (χ3n) is 3.61. The van der Waals surface area contributed by atoms with Crippen molar-refractivity contribution >= 4 is 11.6 Å². The van der Waals surface area contributed by atoms with Crippen LogP contribution in [0.3, 0.4) is 0 Å². The SMILES string of the molecule is OCCCCCNCc1ccccc1OCc1ccc(Cl)cc1. The lowest BCUT2D eigenvalue weighted by Gasteiger charge is -2.12. The minimum absolute atomic E-state index is 0.279. The van der Waals surface area contributed by atoms with Crippen molar-refractivity contribution in [1.82, 2.24) is 5.32 Å². The number of hydrogen-bond acceptors (Lipinski definition) is 3. The van der Waals surface area contributed by atoms with E-state index >= 15 is 0 Å². The van der Waals surface area contributed by atoms with Gasteiger partial charge in [-0.25, -0.2) is 0 Å². The Hall–Kier alpha value is -1.55. The van der Waals surface area contributed by atoms with Crippen molar-refractivity contribution in [3.63, 3.8) is 0 Å². The molecule has 0 aliphatic rings. The zero-order valence-corrected chi connectivity index (χ0v) is 14.1. The molecule has 0 aromatic heterocycles. The normalized spacial score (nSPS) is 10.7. The number of benzene rings is 2. The lowest BCUT2D eigenvalue weighted by atomic mass is 10.2. The molecule has 0 aliphatic carbocycles. The predicted molar refractivity (Wildman–Crippen MR) is 94.9 cm³/mol. The van der Waals surface area contributed by atoms with Crippen LogP contribution >= 0.6 is 11.6 Å². The van der Waals surface area contributed by atoms with Gasteiger partial charge >= 0.3 is 0 Å². The molecule has 4 heteroatoms. The highest BCUT2D eigenvalue weighted by molar-refractivity contribution is 6.30. The molecule has 0 heterocycles. The van der Waals surface area contributed by atoms with Gasteiger partial charge in [0.25, 0.3) is 0 Å². The Kier molecular flexibility index (Phi) is 7.95. The summed E-state index contributed by atoms with van der Waals surface area (Å²) in [6.45, 7) is 2.55. The van der Waals surface area contributed by atoms with Crippen molar-refractivity contribution in [1.29, 1.82) is 0 Å². The van der Waals surface area contributed by atoms with Gasteiger partial charge in [-0.2, -0.15) is 0 Å². The fraction of sp³-hybridized carbons (Fsp3) is 0.368. The molecule has 0 radical (unpaired) electrons. The van der Waals surface area contributed by atoms with Gasteiger partial charge in [-0.05, 0) is 49.6 Å². The average Bonchev–Trinajstić information content (AvgIpc) is 2.58. The molecule has 0 atom stereocenters. The van der Waals surface area contributed by atoms with Gasteiger partial charge in [-0.15, -0.1) is 0 Å². The number of aliphatic hydroxyl groups excluding tert-OH is 1. The van der Waals surface area contributed by atoms with Crippen molar-refractivity contribution in [3.05, 3.63) is 64.7 Å². The molecule has 0 spiro atoms. The summed E-state index contributed by atoms with van der Waals surface area (Å²) < 4.78 is 5.94. The minimum Gasteiger partial charge on any atom is -0.489 e.